The highest BCUT2D eigenvalue weighted by Gasteiger charge is 2.29. The molecule has 0 spiro atoms. The summed E-state index contributed by atoms with van der Waals surface area (Å²) in [4.78, 5) is 0. The van der Waals surface area contributed by atoms with Crippen molar-refractivity contribution in [3.8, 4) is 17.2 Å². The first-order chi connectivity index (χ1) is 14.7. The quantitative estimate of drug-likeness (QED) is 0.587. The molecule has 0 fully saturated rings. The number of benzene rings is 3. The molecule has 154 valence electrons. The molecule has 1 aliphatic heterocycles. The second-order valence-electron chi connectivity index (χ2n) is 7.21. The molecule has 5 heteroatoms. The number of hydrogen-bond acceptors (Lipinski definition) is 4. The van der Waals surface area contributed by atoms with E-state index in [0.717, 1.165) is 33.9 Å². The molecule has 0 radical (unpaired) electrons. The lowest BCUT2D eigenvalue weighted by atomic mass is 9.98. The zero-order valence-corrected chi connectivity index (χ0v) is 17.2. The van der Waals surface area contributed by atoms with Gasteiger partial charge in [0, 0.05) is 17.3 Å². The Morgan fingerprint density at radius 1 is 0.933 bits per heavy atom. The third-order valence-electron chi connectivity index (χ3n) is 5.30. The molecule has 0 saturated carbocycles. The molecule has 4 N–H and O–H groups in total. The molecule has 1 aliphatic rings. The smallest absolute Gasteiger partial charge is 0.186 e. The van der Waals surface area contributed by atoms with Gasteiger partial charge in [-0.15, -0.1) is 0 Å². The van der Waals surface area contributed by atoms with Gasteiger partial charge in [0.05, 0.1) is 19.3 Å². The number of hydrogen-bond donors (Lipinski definition) is 3. The van der Waals surface area contributed by atoms with E-state index in [1.165, 1.54) is 0 Å². The van der Waals surface area contributed by atoms with Gasteiger partial charge in [-0.1, -0.05) is 12.1 Å². The van der Waals surface area contributed by atoms with Crippen molar-refractivity contribution in [2.24, 2.45) is 0 Å². The van der Waals surface area contributed by atoms with Crippen LogP contribution in [0.5, 0.6) is 17.2 Å². The fraction of sp³-hybridized carbons (Fsp3) is 0.200. The lowest BCUT2D eigenvalue weighted by Crippen LogP contribution is -2.89. The van der Waals surface area contributed by atoms with Crippen LogP contribution in [0.15, 0.2) is 78.9 Å². The average molecular weight is 404 g/mol. The van der Waals surface area contributed by atoms with Gasteiger partial charge >= 0.3 is 0 Å². The van der Waals surface area contributed by atoms with Gasteiger partial charge < -0.3 is 25.2 Å². The number of nitrogens with one attached hydrogen (secondary N) is 1. The van der Waals surface area contributed by atoms with Crippen LogP contribution in [0.3, 0.4) is 0 Å². The van der Waals surface area contributed by atoms with Gasteiger partial charge in [0.15, 0.2) is 6.17 Å². The summed E-state index contributed by atoms with van der Waals surface area (Å²) in [6.07, 6.45) is 2.15. The Morgan fingerprint density at radius 3 is 2.30 bits per heavy atom. The molecule has 4 rings (SSSR count). The minimum atomic E-state index is -0.0267. The van der Waals surface area contributed by atoms with Gasteiger partial charge in [0.2, 0.25) is 0 Å². The molecule has 30 heavy (non-hydrogen) atoms. The topological polar surface area (TPSA) is 67.3 Å². The standard InChI is InChI=1S/C25H26N2O3/c1-3-30-20-14-8-17(9-15-20)22-16-23(21-6-4-5-7-24(21)28)27-25(26-22)18-10-12-19(29-2)13-11-18/h4-16,23,25-28H,3H2,1-2H3/p+1. The Morgan fingerprint density at radius 2 is 1.63 bits per heavy atom. The van der Waals surface area contributed by atoms with Gasteiger partial charge in [-0.25, -0.2) is 0 Å². The van der Waals surface area contributed by atoms with Crippen molar-refractivity contribution in [2.75, 3.05) is 13.7 Å². The van der Waals surface area contributed by atoms with Crippen molar-refractivity contribution >= 4 is 5.70 Å². The normalized spacial score (nSPS) is 18.3. The number of quaternary nitrogens is 1. The number of aromatic hydroxyl groups is 1. The monoisotopic (exact) mass is 403 g/mol. The molecule has 5 nitrogen and oxygen atoms in total. The van der Waals surface area contributed by atoms with E-state index in [-0.39, 0.29) is 12.2 Å². The largest absolute Gasteiger partial charge is 0.507 e. The van der Waals surface area contributed by atoms with Crippen LogP contribution in [0.4, 0.5) is 0 Å². The number of rotatable bonds is 6. The van der Waals surface area contributed by atoms with Crippen molar-refractivity contribution in [1.29, 1.82) is 0 Å². The van der Waals surface area contributed by atoms with Gasteiger partial charge in [0.25, 0.3) is 0 Å². The molecule has 1 heterocycles. The Kier molecular flexibility index (Phi) is 5.91. The lowest BCUT2D eigenvalue weighted by molar-refractivity contribution is -0.731. The van der Waals surface area contributed by atoms with E-state index < -0.39 is 0 Å². The first-order valence-electron chi connectivity index (χ1n) is 10.2. The van der Waals surface area contributed by atoms with Crippen LogP contribution >= 0.6 is 0 Å². The van der Waals surface area contributed by atoms with E-state index in [2.05, 4.69) is 41.0 Å². The second kappa shape index (κ2) is 8.93. The molecule has 2 unspecified atom stereocenters. The SMILES string of the molecule is CCOc1ccc(C2=CC(c3ccccc3O)[NH2+]C(c3ccc(OC)cc3)N2)cc1. The number of nitrogens with two attached hydrogens (primary N) is 1. The van der Waals surface area contributed by atoms with Crippen molar-refractivity contribution < 1.29 is 19.9 Å². The van der Waals surface area contributed by atoms with Crippen molar-refractivity contribution in [3.05, 3.63) is 95.6 Å². The fourth-order valence-electron chi connectivity index (χ4n) is 3.75. The number of phenolic OH excluding ortho intramolecular Hbond substituents is 1. The van der Waals surface area contributed by atoms with Gasteiger partial charge in [0.1, 0.15) is 23.3 Å². The molecular weight excluding hydrogens is 376 g/mol. The summed E-state index contributed by atoms with van der Waals surface area (Å²) in [5, 5.41) is 16.3. The predicted octanol–water partition coefficient (Wildman–Crippen LogP) is 3.75. The molecule has 3 aromatic rings. The van der Waals surface area contributed by atoms with Crippen LogP contribution in [0, 0.1) is 0 Å². The predicted molar refractivity (Wildman–Crippen MR) is 117 cm³/mol. The van der Waals surface area contributed by atoms with Crippen LogP contribution in [-0.2, 0) is 0 Å². The van der Waals surface area contributed by atoms with Crippen LogP contribution in [-0.4, -0.2) is 18.8 Å². The van der Waals surface area contributed by atoms with Crippen LogP contribution in [0.2, 0.25) is 0 Å². The summed E-state index contributed by atoms with van der Waals surface area (Å²) in [6, 6.07) is 23.6. The highest BCUT2D eigenvalue weighted by Crippen LogP contribution is 2.29. The molecule has 0 bridgehead atoms. The van der Waals surface area contributed by atoms with Crippen molar-refractivity contribution in [2.45, 2.75) is 19.1 Å². The van der Waals surface area contributed by atoms with Crippen LogP contribution < -0.4 is 20.1 Å². The first-order valence-corrected chi connectivity index (χ1v) is 10.2. The van der Waals surface area contributed by atoms with E-state index in [1.807, 2.05) is 49.4 Å². The molecule has 0 aromatic heterocycles. The first kappa shape index (κ1) is 19.9. The third-order valence-corrected chi connectivity index (χ3v) is 5.30. The van der Waals surface area contributed by atoms with Crippen LogP contribution in [0.1, 0.15) is 35.8 Å². The zero-order chi connectivity index (χ0) is 20.9. The van der Waals surface area contributed by atoms with Gasteiger partial charge in [-0.2, -0.15) is 0 Å². The number of para-hydroxylation sites is 1. The number of methoxy groups -OCH3 is 1. The maximum Gasteiger partial charge on any atom is 0.186 e. The molecule has 0 amide bonds. The average Bonchev–Trinajstić information content (AvgIpc) is 2.80. The van der Waals surface area contributed by atoms with E-state index >= 15 is 0 Å². The Labute approximate surface area is 177 Å². The summed E-state index contributed by atoms with van der Waals surface area (Å²) >= 11 is 0. The lowest BCUT2D eigenvalue weighted by Gasteiger charge is -2.30. The number of ether oxygens (including phenoxy) is 2. The number of phenols is 1. The Hall–Kier alpha value is -3.44. The van der Waals surface area contributed by atoms with Gasteiger partial charge in [-0.3, -0.25) is 0 Å². The summed E-state index contributed by atoms with van der Waals surface area (Å²) in [5.41, 5.74) is 4.12. The van der Waals surface area contributed by atoms with Gasteiger partial charge in [-0.05, 0) is 73.2 Å². The van der Waals surface area contributed by atoms with E-state index in [4.69, 9.17) is 9.47 Å². The van der Waals surface area contributed by atoms with Crippen molar-refractivity contribution in [3.63, 3.8) is 0 Å². The highest BCUT2D eigenvalue weighted by atomic mass is 16.5. The van der Waals surface area contributed by atoms with E-state index in [1.54, 1.807) is 13.2 Å². The zero-order valence-electron chi connectivity index (χ0n) is 17.2. The van der Waals surface area contributed by atoms with Crippen molar-refractivity contribution in [1.82, 2.24) is 5.32 Å². The van der Waals surface area contributed by atoms with Crippen LogP contribution in [0.25, 0.3) is 5.70 Å². The summed E-state index contributed by atoms with van der Waals surface area (Å²) in [7, 11) is 1.67. The summed E-state index contributed by atoms with van der Waals surface area (Å²) in [6.45, 7) is 2.62. The molecule has 2 atom stereocenters. The molecular formula is C25H27N2O3+. The molecule has 3 aromatic carbocycles. The minimum Gasteiger partial charge on any atom is -0.507 e. The second-order valence-corrected chi connectivity index (χ2v) is 7.21. The maximum absolute atomic E-state index is 10.4. The minimum absolute atomic E-state index is 0.00733. The highest BCUT2D eigenvalue weighted by molar-refractivity contribution is 5.66. The Bertz CT molecular complexity index is 1010. The Balaban J connectivity index is 1.69. The third kappa shape index (κ3) is 4.26. The summed E-state index contributed by atoms with van der Waals surface area (Å²) in [5.74, 6) is 1.98. The maximum atomic E-state index is 10.4. The summed E-state index contributed by atoms with van der Waals surface area (Å²) < 4.78 is 10.9. The molecule has 0 aliphatic carbocycles. The van der Waals surface area contributed by atoms with E-state index in [0.29, 0.717) is 12.4 Å². The van der Waals surface area contributed by atoms with E-state index in [9.17, 15) is 5.11 Å². The fourth-order valence-corrected chi connectivity index (χ4v) is 3.75. The molecule has 0 saturated heterocycles.